The van der Waals surface area contributed by atoms with Gasteiger partial charge in [-0.3, -0.25) is 9.59 Å². The first-order valence-electron chi connectivity index (χ1n) is 8.32. The molecule has 0 aliphatic heterocycles. The number of nitrogens with one attached hydrogen (secondary N) is 2. The molecule has 0 saturated carbocycles. The van der Waals surface area contributed by atoms with E-state index in [0.29, 0.717) is 30.3 Å². The Kier molecular flexibility index (Phi) is 7.02. The summed E-state index contributed by atoms with van der Waals surface area (Å²) in [5.74, 6) is 0.255. The quantitative estimate of drug-likeness (QED) is 0.779. The van der Waals surface area contributed by atoms with Gasteiger partial charge in [0.15, 0.2) is 0 Å². The normalized spacial score (nSPS) is 10.6. The molecule has 2 amide bonds. The number of amides is 2. The summed E-state index contributed by atoms with van der Waals surface area (Å²) < 4.78 is 0. The van der Waals surface area contributed by atoms with Crippen LogP contribution in [-0.4, -0.2) is 11.8 Å². The van der Waals surface area contributed by atoms with Crippen LogP contribution in [0, 0.1) is 5.92 Å². The average Bonchev–Trinajstić information content (AvgIpc) is 2.55. The van der Waals surface area contributed by atoms with Gasteiger partial charge in [0, 0.05) is 23.7 Å². The van der Waals surface area contributed by atoms with Gasteiger partial charge < -0.3 is 10.6 Å². The predicted octanol–water partition coefficient (Wildman–Crippen LogP) is 4.18. The number of anilines is 1. The van der Waals surface area contributed by atoms with Crippen LogP contribution in [0.1, 0.15) is 31.4 Å². The van der Waals surface area contributed by atoms with E-state index >= 15 is 0 Å². The van der Waals surface area contributed by atoms with E-state index in [-0.39, 0.29) is 11.8 Å². The van der Waals surface area contributed by atoms with Crippen LogP contribution in [0.3, 0.4) is 0 Å². The number of hydrogen-bond donors (Lipinski definition) is 2. The van der Waals surface area contributed by atoms with Crippen LogP contribution in [0.5, 0.6) is 0 Å². The van der Waals surface area contributed by atoms with Gasteiger partial charge in [-0.05, 0) is 41.3 Å². The first kappa shape index (κ1) is 19.0. The van der Waals surface area contributed by atoms with Crippen molar-refractivity contribution >= 4 is 29.1 Å². The topological polar surface area (TPSA) is 58.2 Å². The molecule has 0 heterocycles. The molecule has 0 aliphatic rings. The second kappa shape index (κ2) is 9.23. The fourth-order valence-electron chi connectivity index (χ4n) is 2.39. The van der Waals surface area contributed by atoms with Gasteiger partial charge in [0.25, 0.3) is 0 Å². The smallest absolute Gasteiger partial charge is 0.224 e. The van der Waals surface area contributed by atoms with Crippen molar-refractivity contribution in [1.29, 1.82) is 0 Å². The SMILES string of the molecule is CC(C)CC(=O)Nc1cccc(CNC(=O)Cc2ccc(Cl)cc2)c1. The standard InChI is InChI=1S/C20H23ClN2O2/c1-14(2)10-20(25)23-18-5-3-4-16(11-18)13-22-19(24)12-15-6-8-17(21)9-7-15/h3-9,11,14H,10,12-13H2,1-2H3,(H,22,24)(H,23,25). The molecule has 2 aromatic carbocycles. The highest BCUT2D eigenvalue weighted by atomic mass is 35.5. The molecule has 25 heavy (non-hydrogen) atoms. The number of carbonyl (C=O) groups excluding carboxylic acids is 2. The number of halogens is 1. The molecule has 0 unspecified atom stereocenters. The summed E-state index contributed by atoms with van der Waals surface area (Å²) in [4.78, 5) is 23.9. The molecule has 132 valence electrons. The summed E-state index contributed by atoms with van der Waals surface area (Å²) in [7, 11) is 0. The molecule has 0 atom stereocenters. The third kappa shape index (κ3) is 6.98. The van der Waals surface area contributed by atoms with E-state index in [4.69, 9.17) is 11.6 Å². The van der Waals surface area contributed by atoms with Gasteiger partial charge in [0.2, 0.25) is 11.8 Å². The van der Waals surface area contributed by atoms with Gasteiger partial charge in [-0.2, -0.15) is 0 Å². The molecule has 4 nitrogen and oxygen atoms in total. The maximum Gasteiger partial charge on any atom is 0.224 e. The van der Waals surface area contributed by atoms with Crippen molar-refractivity contribution in [3.8, 4) is 0 Å². The van der Waals surface area contributed by atoms with Crippen molar-refractivity contribution < 1.29 is 9.59 Å². The molecule has 0 bridgehead atoms. The van der Waals surface area contributed by atoms with Crippen LogP contribution in [0.25, 0.3) is 0 Å². The number of hydrogen-bond acceptors (Lipinski definition) is 2. The van der Waals surface area contributed by atoms with Gasteiger partial charge in [-0.25, -0.2) is 0 Å². The lowest BCUT2D eigenvalue weighted by Crippen LogP contribution is -2.24. The zero-order valence-electron chi connectivity index (χ0n) is 14.5. The predicted molar refractivity (Wildman–Crippen MR) is 102 cm³/mol. The third-order valence-electron chi connectivity index (χ3n) is 3.57. The number of benzene rings is 2. The lowest BCUT2D eigenvalue weighted by molar-refractivity contribution is -0.120. The van der Waals surface area contributed by atoms with Crippen molar-refractivity contribution in [1.82, 2.24) is 5.32 Å². The van der Waals surface area contributed by atoms with E-state index in [1.807, 2.05) is 50.2 Å². The van der Waals surface area contributed by atoms with Crippen molar-refractivity contribution in [3.05, 3.63) is 64.7 Å². The Morgan fingerprint density at radius 1 is 1.00 bits per heavy atom. The van der Waals surface area contributed by atoms with E-state index in [1.165, 1.54) is 0 Å². The second-order valence-electron chi connectivity index (χ2n) is 6.43. The Morgan fingerprint density at radius 3 is 2.40 bits per heavy atom. The Hall–Kier alpha value is -2.33. The molecule has 0 radical (unpaired) electrons. The molecule has 0 aromatic heterocycles. The highest BCUT2D eigenvalue weighted by molar-refractivity contribution is 6.30. The van der Waals surface area contributed by atoms with Crippen molar-refractivity contribution in [2.45, 2.75) is 33.2 Å². The Morgan fingerprint density at radius 2 is 1.72 bits per heavy atom. The minimum absolute atomic E-state index is 0.000996. The first-order chi connectivity index (χ1) is 11.9. The summed E-state index contributed by atoms with van der Waals surface area (Å²) >= 11 is 5.84. The first-order valence-corrected chi connectivity index (χ1v) is 8.70. The van der Waals surface area contributed by atoms with Gasteiger partial charge in [-0.15, -0.1) is 0 Å². The fraction of sp³-hybridized carbons (Fsp3) is 0.300. The Bertz CT molecular complexity index is 727. The van der Waals surface area contributed by atoms with E-state index in [1.54, 1.807) is 12.1 Å². The average molecular weight is 359 g/mol. The Balaban J connectivity index is 1.85. The minimum Gasteiger partial charge on any atom is -0.352 e. The van der Waals surface area contributed by atoms with E-state index < -0.39 is 0 Å². The monoisotopic (exact) mass is 358 g/mol. The number of rotatable bonds is 7. The molecule has 0 aliphatic carbocycles. The highest BCUT2D eigenvalue weighted by Crippen LogP contribution is 2.13. The molecule has 0 spiro atoms. The zero-order chi connectivity index (χ0) is 18.2. The molecular weight excluding hydrogens is 336 g/mol. The molecule has 2 aromatic rings. The molecule has 2 N–H and O–H groups in total. The fourth-order valence-corrected chi connectivity index (χ4v) is 2.52. The van der Waals surface area contributed by atoms with Gasteiger partial charge >= 0.3 is 0 Å². The van der Waals surface area contributed by atoms with Crippen LogP contribution < -0.4 is 10.6 Å². The van der Waals surface area contributed by atoms with Gasteiger partial charge in [0.05, 0.1) is 6.42 Å². The van der Waals surface area contributed by atoms with Crippen LogP contribution in [-0.2, 0) is 22.6 Å². The highest BCUT2D eigenvalue weighted by Gasteiger charge is 2.07. The van der Waals surface area contributed by atoms with E-state index in [9.17, 15) is 9.59 Å². The number of carbonyl (C=O) groups is 2. The van der Waals surface area contributed by atoms with Crippen LogP contribution in [0.4, 0.5) is 5.69 Å². The van der Waals surface area contributed by atoms with Crippen LogP contribution in [0.2, 0.25) is 5.02 Å². The minimum atomic E-state index is -0.0587. The summed E-state index contributed by atoms with van der Waals surface area (Å²) in [6.45, 7) is 4.43. The Labute approximate surface area is 153 Å². The van der Waals surface area contributed by atoms with E-state index in [0.717, 1.165) is 16.8 Å². The van der Waals surface area contributed by atoms with Crippen molar-refractivity contribution in [2.75, 3.05) is 5.32 Å². The summed E-state index contributed by atoms with van der Waals surface area (Å²) in [6.07, 6.45) is 0.796. The maximum atomic E-state index is 12.0. The van der Waals surface area contributed by atoms with Gasteiger partial charge in [0.1, 0.15) is 0 Å². The van der Waals surface area contributed by atoms with E-state index in [2.05, 4.69) is 10.6 Å². The van der Waals surface area contributed by atoms with Crippen molar-refractivity contribution in [2.24, 2.45) is 5.92 Å². The molecule has 5 heteroatoms. The van der Waals surface area contributed by atoms with Crippen LogP contribution >= 0.6 is 11.6 Å². The molecule has 0 fully saturated rings. The van der Waals surface area contributed by atoms with Crippen LogP contribution in [0.15, 0.2) is 48.5 Å². The zero-order valence-corrected chi connectivity index (χ0v) is 15.3. The summed E-state index contributed by atoms with van der Waals surface area (Å²) in [6, 6.07) is 14.7. The van der Waals surface area contributed by atoms with Gasteiger partial charge in [-0.1, -0.05) is 49.7 Å². The summed E-state index contributed by atoms with van der Waals surface area (Å²) in [5, 5.41) is 6.43. The molecule has 2 rings (SSSR count). The third-order valence-corrected chi connectivity index (χ3v) is 3.82. The lowest BCUT2D eigenvalue weighted by atomic mass is 10.1. The molecule has 0 saturated heterocycles. The second-order valence-corrected chi connectivity index (χ2v) is 6.86. The lowest BCUT2D eigenvalue weighted by Gasteiger charge is -2.10. The van der Waals surface area contributed by atoms with Crippen molar-refractivity contribution in [3.63, 3.8) is 0 Å². The maximum absolute atomic E-state index is 12.0. The molecular formula is C20H23ClN2O2. The summed E-state index contributed by atoms with van der Waals surface area (Å²) in [5.41, 5.74) is 2.60. The largest absolute Gasteiger partial charge is 0.352 e.